The number of allylic oxidation sites excluding steroid dienone is 4. The highest BCUT2D eigenvalue weighted by molar-refractivity contribution is 5.91. The van der Waals surface area contributed by atoms with Gasteiger partial charge < -0.3 is 0 Å². The third-order valence-electron chi connectivity index (χ3n) is 6.53. The molecule has 1 nitrogen and oxygen atoms in total. The van der Waals surface area contributed by atoms with Crippen LogP contribution < -0.4 is 0 Å². The molecular formula is C19H28O. The van der Waals surface area contributed by atoms with Crippen molar-refractivity contribution >= 4 is 5.78 Å². The molecule has 0 aromatic rings. The van der Waals surface area contributed by atoms with Crippen molar-refractivity contribution in [1.29, 1.82) is 0 Å². The van der Waals surface area contributed by atoms with E-state index in [9.17, 15) is 4.79 Å². The van der Waals surface area contributed by atoms with Crippen LogP contribution in [-0.2, 0) is 4.79 Å². The predicted octanol–water partition coefficient (Wildman–Crippen LogP) is 5.07. The van der Waals surface area contributed by atoms with Crippen LogP contribution in [-0.4, -0.2) is 5.78 Å². The van der Waals surface area contributed by atoms with E-state index in [1.54, 1.807) is 11.1 Å². The first-order valence-electron chi connectivity index (χ1n) is 8.37. The Morgan fingerprint density at radius 2 is 2.10 bits per heavy atom. The minimum atomic E-state index is 0.307. The zero-order valence-corrected chi connectivity index (χ0v) is 13.5. The molecule has 0 saturated heterocycles. The van der Waals surface area contributed by atoms with Gasteiger partial charge in [0, 0.05) is 6.42 Å². The van der Waals surface area contributed by atoms with Gasteiger partial charge >= 0.3 is 0 Å². The molecule has 3 rings (SSSR count). The molecule has 0 N–H and O–H groups in total. The second-order valence-corrected chi connectivity index (χ2v) is 7.61. The van der Waals surface area contributed by atoms with Gasteiger partial charge in [-0.1, -0.05) is 30.6 Å². The van der Waals surface area contributed by atoms with E-state index in [0.717, 1.165) is 37.0 Å². The number of fused-ring (bicyclic) bond motifs is 3. The van der Waals surface area contributed by atoms with Crippen molar-refractivity contribution in [1.82, 2.24) is 0 Å². The first-order chi connectivity index (χ1) is 9.47. The minimum absolute atomic E-state index is 0.307. The predicted molar refractivity (Wildman–Crippen MR) is 83.4 cm³/mol. The third-order valence-corrected chi connectivity index (χ3v) is 6.53. The average Bonchev–Trinajstić information content (AvgIpc) is 2.79. The monoisotopic (exact) mass is 272 g/mol. The van der Waals surface area contributed by atoms with Crippen LogP contribution in [0.5, 0.6) is 0 Å². The Hall–Kier alpha value is -0.850. The zero-order valence-electron chi connectivity index (χ0n) is 13.5. The van der Waals surface area contributed by atoms with Crippen molar-refractivity contribution in [3.8, 4) is 0 Å². The van der Waals surface area contributed by atoms with Crippen molar-refractivity contribution in [3.05, 3.63) is 22.8 Å². The molecule has 2 saturated carbocycles. The summed E-state index contributed by atoms with van der Waals surface area (Å²) in [7, 11) is 0. The lowest BCUT2D eigenvalue weighted by Gasteiger charge is -2.48. The van der Waals surface area contributed by atoms with Gasteiger partial charge in [-0.25, -0.2) is 0 Å². The first-order valence-corrected chi connectivity index (χ1v) is 8.37. The van der Waals surface area contributed by atoms with Crippen LogP contribution in [0.15, 0.2) is 22.8 Å². The fourth-order valence-corrected chi connectivity index (χ4v) is 5.38. The lowest BCUT2D eigenvalue weighted by molar-refractivity contribution is -0.116. The largest absolute Gasteiger partial charge is 0.295 e. The summed E-state index contributed by atoms with van der Waals surface area (Å²) in [6.07, 6.45) is 8.89. The molecule has 2 fully saturated rings. The fraction of sp³-hybridized carbons (Fsp3) is 0.737. The molecule has 0 heterocycles. The smallest absolute Gasteiger partial charge is 0.155 e. The number of rotatable bonds is 1. The molecule has 0 bridgehead atoms. The SMILES string of the molecule is CCC1C(=C(C)C)CC2C1CCC1=CC(=O)CCC12C. The molecule has 110 valence electrons. The summed E-state index contributed by atoms with van der Waals surface area (Å²) in [5.41, 5.74) is 5.07. The van der Waals surface area contributed by atoms with E-state index in [1.807, 2.05) is 6.08 Å². The van der Waals surface area contributed by atoms with Crippen LogP contribution in [0.1, 0.15) is 66.2 Å². The highest BCUT2D eigenvalue weighted by Crippen LogP contribution is 2.61. The van der Waals surface area contributed by atoms with Gasteiger partial charge in [0.15, 0.2) is 5.78 Å². The van der Waals surface area contributed by atoms with Crippen LogP contribution in [0.4, 0.5) is 0 Å². The lowest BCUT2D eigenvalue weighted by Crippen LogP contribution is -2.40. The maximum absolute atomic E-state index is 11.8. The summed E-state index contributed by atoms with van der Waals surface area (Å²) in [5.74, 6) is 2.81. The lowest BCUT2D eigenvalue weighted by atomic mass is 9.56. The summed E-state index contributed by atoms with van der Waals surface area (Å²) >= 11 is 0. The molecule has 0 aliphatic heterocycles. The van der Waals surface area contributed by atoms with E-state index in [4.69, 9.17) is 0 Å². The summed E-state index contributed by atoms with van der Waals surface area (Å²) in [6, 6.07) is 0. The summed E-state index contributed by atoms with van der Waals surface area (Å²) in [5, 5.41) is 0. The summed E-state index contributed by atoms with van der Waals surface area (Å²) in [4.78, 5) is 11.8. The molecule has 4 atom stereocenters. The standard InChI is InChI=1S/C19H28O/c1-5-15-16-7-6-13-10-14(20)8-9-19(13,4)18(16)11-17(15)12(2)3/h10,15-16,18H,5-9,11H2,1-4H3. The molecule has 0 radical (unpaired) electrons. The Morgan fingerprint density at radius 3 is 2.75 bits per heavy atom. The fourth-order valence-electron chi connectivity index (χ4n) is 5.38. The normalized spacial score (nSPS) is 40.2. The third kappa shape index (κ3) is 1.93. The Bertz CT molecular complexity index is 492. The summed E-state index contributed by atoms with van der Waals surface area (Å²) < 4.78 is 0. The Morgan fingerprint density at radius 1 is 1.35 bits per heavy atom. The van der Waals surface area contributed by atoms with Crippen LogP contribution in [0.25, 0.3) is 0 Å². The number of hydrogen-bond donors (Lipinski definition) is 0. The van der Waals surface area contributed by atoms with Gasteiger partial charge in [0.2, 0.25) is 0 Å². The molecule has 0 aromatic carbocycles. The van der Waals surface area contributed by atoms with Crippen molar-refractivity contribution in [2.24, 2.45) is 23.2 Å². The molecule has 0 aromatic heterocycles. The van der Waals surface area contributed by atoms with E-state index in [2.05, 4.69) is 27.7 Å². The molecular weight excluding hydrogens is 244 g/mol. The molecule has 4 unspecified atom stereocenters. The van der Waals surface area contributed by atoms with Crippen LogP contribution in [0, 0.1) is 23.2 Å². The maximum Gasteiger partial charge on any atom is 0.155 e. The number of ketones is 1. The van der Waals surface area contributed by atoms with E-state index >= 15 is 0 Å². The average molecular weight is 272 g/mol. The van der Waals surface area contributed by atoms with Gasteiger partial charge in [-0.3, -0.25) is 4.79 Å². The quantitative estimate of drug-likeness (QED) is 0.609. The van der Waals surface area contributed by atoms with E-state index < -0.39 is 0 Å². The number of carbonyl (C=O) groups is 1. The molecule has 20 heavy (non-hydrogen) atoms. The maximum atomic E-state index is 11.8. The van der Waals surface area contributed by atoms with E-state index in [1.165, 1.54) is 24.8 Å². The van der Waals surface area contributed by atoms with Gasteiger partial charge in [-0.2, -0.15) is 0 Å². The topological polar surface area (TPSA) is 17.1 Å². The van der Waals surface area contributed by atoms with Crippen LogP contribution in [0.3, 0.4) is 0 Å². The van der Waals surface area contributed by atoms with Gasteiger partial charge in [0.1, 0.15) is 0 Å². The van der Waals surface area contributed by atoms with Gasteiger partial charge in [-0.15, -0.1) is 0 Å². The first kappa shape index (κ1) is 14.1. The second-order valence-electron chi connectivity index (χ2n) is 7.61. The van der Waals surface area contributed by atoms with E-state index in [0.29, 0.717) is 11.2 Å². The minimum Gasteiger partial charge on any atom is -0.295 e. The van der Waals surface area contributed by atoms with Crippen molar-refractivity contribution in [3.63, 3.8) is 0 Å². The van der Waals surface area contributed by atoms with Crippen molar-refractivity contribution in [2.75, 3.05) is 0 Å². The van der Waals surface area contributed by atoms with Gasteiger partial charge in [0.05, 0.1) is 0 Å². The summed E-state index contributed by atoms with van der Waals surface area (Å²) in [6.45, 7) is 9.38. The van der Waals surface area contributed by atoms with Gasteiger partial charge in [0.25, 0.3) is 0 Å². The molecule has 3 aliphatic rings. The highest BCUT2D eigenvalue weighted by Gasteiger charge is 2.52. The molecule has 1 heteroatoms. The van der Waals surface area contributed by atoms with Gasteiger partial charge in [-0.05, 0) is 75.2 Å². The zero-order chi connectivity index (χ0) is 14.5. The molecule has 3 aliphatic carbocycles. The van der Waals surface area contributed by atoms with Crippen molar-refractivity contribution in [2.45, 2.75) is 66.2 Å². The molecule has 0 spiro atoms. The highest BCUT2D eigenvalue weighted by atomic mass is 16.1. The Labute approximate surface area is 123 Å². The van der Waals surface area contributed by atoms with Crippen molar-refractivity contribution < 1.29 is 4.79 Å². The number of hydrogen-bond acceptors (Lipinski definition) is 1. The molecule has 0 amide bonds. The van der Waals surface area contributed by atoms with Crippen LogP contribution >= 0.6 is 0 Å². The Kier molecular flexibility index (Phi) is 3.43. The van der Waals surface area contributed by atoms with E-state index in [-0.39, 0.29) is 0 Å². The Balaban J connectivity index is 2.00. The van der Waals surface area contributed by atoms with Crippen LogP contribution in [0.2, 0.25) is 0 Å². The second kappa shape index (κ2) is 4.86. The number of carbonyl (C=O) groups excluding carboxylic acids is 1.